The van der Waals surface area contributed by atoms with Crippen molar-refractivity contribution in [3.8, 4) is 0 Å². The van der Waals surface area contributed by atoms with Gasteiger partial charge in [-0.15, -0.1) is 0 Å². The first-order valence-electron chi connectivity index (χ1n) is 7.99. The molecule has 1 fully saturated rings. The van der Waals surface area contributed by atoms with E-state index in [4.69, 9.17) is 4.74 Å². The Morgan fingerprint density at radius 3 is 2.78 bits per heavy atom. The average molecular weight is 315 g/mol. The standard InChI is InChI=1S/C17H21N3O3/c1-11(2)20-17(22)14-8-4-3-7-13(14)15(19-20)16(21)18-10-12-6-5-9-23-12/h3-4,7-8,11-12H,5-6,9-10H2,1-2H3,(H,18,21)/t12-/m1/s1. The van der Waals surface area contributed by atoms with Crippen molar-refractivity contribution in [1.29, 1.82) is 0 Å². The third kappa shape index (κ3) is 3.12. The first-order chi connectivity index (χ1) is 11.1. The molecule has 2 heterocycles. The molecular weight excluding hydrogens is 294 g/mol. The molecule has 0 aliphatic carbocycles. The van der Waals surface area contributed by atoms with Crippen molar-refractivity contribution in [3.63, 3.8) is 0 Å². The van der Waals surface area contributed by atoms with Gasteiger partial charge in [0.25, 0.3) is 11.5 Å². The quantitative estimate of drug-likeness (QED) is 0.935. The molecule has 1 saturated heterocycles. The van der Waals surface area contributed by atoms with Gasteiger partial charge >= 0.3 is 0 Å². The van der Waals surface area contributed by atoms with Crippen LogP contribution in [0.5, 0.6) is 0 Å². The van der Waals surface area contributed by atoms with Gasteiger partial charge in [-0.25, -0.2) is 4.68 Å². The third-order valence-corrected chi connectivity index (χ3v) is 4.05. The van der Waals surface area contributed by atoms with E-state index in [2.05, 4.69) is 10.4 Å². The first kappa shape index (κ1) is 15.7. The predicted molar refractivity (Wildman–Crippen MR) is 87.7 cm³/mol. The number of aromatic nitrogens is 2. The third-order valence-electron chi connectivity index (χ3n) is 4.05. The molecule has 1 aliphatic heterocycles. The van der Waals surface area contributed by atoms with Crippen LogP contribution in [0.1, 0.15) is 43.2 Å². The number of hydrogen-bond donors (Lipinski definition) is 1. The van der Waals surface area contributed by atoms with E-state index in [0.717, 1.165) is 19.4 Å². The van der Waals surface area contributed by atoms with E-state index in [-0.39, 0.29) is 29.3 Å². The lowest BCUT2D eigenvalue weighted by Gasteiger charge is -2.14. The van der Waals surface area contributed by atoms with E-state index in [0.29, 0.717) is 17.3 Å². The fourth-order valence-electron chi connectivity index (χ4n) is 2.82. The highest BCUT2D eigenvalue weighted by molar-refractivity contribution is 6.04. The number of ether oxygens (including phenoxy) is 1. The molecule has 6 nitrogen and oxygen atoms in total. The smallest absolute Gasteiger partial charge is 0.274 e. The summed E-state index contributed by atoms with van der Waals surface area (Å²) in [5.41, 5.74) is 0.109. The summed E-state index contributed by atoms with van der Waals surface area (Å²) in [7, 11) is 0. The summed E-state index contributed by atoms with van der Waals surface area (Å²) in [6, 6.07) is 6.98. The van der Waals surface area contributed by atoms with Gasteiger partial charge < -0.3 is 10.1 Å². The summed E-state index contributed by atoms with van der Waals surface area (Å²) in [6.07, 6.45) is 2.06. The van der Waals surface area contributed by atoms with Gasteiger partial charge in [-0.2, -0.15) is 5.10 Å². The van der Waals surface area contributed by atoms with E-state index in [1.165, 1.54) is 4.68 Å². The minimum Gasteiger partial charge on any atom is -0.376 e. The second kappa shape index (κ2) is 6.50. The Morgan fingerprint density at radius 1 is 1.39 bits per heavy atom. The molecular formula is C17H21N3O3. The fraction of sp³-hybridized carbons (Fsp3) is 0.471. The zero-order valence-electron chi connectivity index (χ0n) is 13.4. The molecule has 6 heteroatoms. The van der Waals surface area contributed by atoms with Crippen LogP contribution >= 0.6 is 0 Å². The molecule has 0 radical (unpaired) electrons. The maximum Gasteiger partial charge on any atom is 0.274 e. The minimum absolute atomic E-state index is 0.0706. The van der Waals surface area contributed by atoms with Crippen LogP contribution in [0.15, 0.2) is 29.1 Å². The van der Waals surface area contributed by atoms with E-state index in [1.807, 2.05) is 13.8 Å². The lowest BCUT2D eigenvalue weighted by molar-refractivity contribution is 0.0853. The first-order valence-corrected chi connectivity index (χ1v) is 7.99. The summed E-state index contributed by atoms with van der Waals surface area (Å²) < 4.78 is 6.88. The lowest BCUT2D eigenvalue weighted by Crippen LogP contribution is -2.35. The monoisotopic (exact) mass is 315 g/mol. The average Bonchev–Trinajstić information content (AvgIpc) is 3.06. The fourth-order valence-corrected chi connectivity index (χ4v) is 2.82. The zero-order chi connectivity index (χ0) is 16.4. The Morgan fingerprint density at radius 2 is 2.13 bits per heavy atom. The van der Waals surface area contributed by atoms with E-state index in [9.17, 15) is 9.59 Å². The van der Waals surface area contributed by atoms with Gasteiger partial charge in [-0.05, 0) is 32.8 Å². The van der Waals surface area contributed by atoms with Crippen LogP contribution in [0.25, 0.3) is 10.8 Å². The Hall–Kier alpha value is -2.21. The molecule has 1 amide bonds. The van der Waals surface area contributed by atoms with Crippen molar-refractivity contribution >= 4 is 16.7 Å². The van der Waals surface area contributed by atoms with E-state index < -0.39 is 0 Å². The van der Waals surface area contributed by atoms with Gasteiger partial charge in [0.1, 0.15) is 0 Å². The Labute approximate surface area is 134 Å². The number of rotatable bonds is 4. The number of nitrogens with zero attached hydrogens (tertiary/aromatic N) is 2. The maximum atomic E-state index is 12.6. The van der Waals surface area contributed by atoms with Gasteiger partial charge in [-0.3, -0.25) is 9.59 Å². The summed E-state index contributed by atoms with van der Waals surface area (Å²) in [5.74, 6) is -0.272. The summed E-state index contributed by atoms with van der Waals surface area (Å²) in [4.78, 5) is 25.0. The van der Waals surface area contributed by atoms with Crippen molar-refractivity contribution in [2.45, 2.75) is 38.8 Å². The Kier molecular flexibility index (Phi) is 4.43. The van der Waals surface area contributed by atoms with Gasteiger partial charge in [0.15, 0.2) is 5.69 Å². The van der Waals surface area contributed by atoms with Gasteiger partial charge in [-0.1, -0.05) is 18.2 Å². The highest BCUT2D eigenvalue weighted by atomic mass is 16.5. The van der Waals surface area contributed by atoms with Crippen LogP contribution in [0.3, 0.4) is 0 Å². The van der Waals surface area contributed by atoms with Crippen LogP contribution in [0.2, 0.25) is 0 Å². The second-order valence-corrected chi connectivity index (χ2v) is 6.08. The van der Waals surface area contributed by atoms with Gasteiger partial charge in [0.05, 0.1) is 17.5 Å². The largest absolute Gasteiger partial charge is 0.376 e. The molecule has 0 saturated carbocycles. The van der Waals surface area contributed by atoms with Crippen molar-refractivity contribution < 1.29 is 9.53 Å². The molecule has 0 unspecified atom stereocenters. The van der Waals surface area contributed by atoms with Crippen LogP contribution in [0.4, 0.5) is 0 Å². The summed E-state index contributed by atoms with van der Waals surface area (Å²) >= 11 is 0. The molecule has 1 aromatic heterocycles. The highest BCUT2D eigenvalue weighted by Crippen LogP contribution is 2.15. The SMILES string of the molecule is CC(C)n1nc(C(=O)NC[C@H]2CCCO2)c2ccccc2c1=O. The van der Waals surface area contributed by atoms with Crippen LogP contribution in [-0.4, -0.2) is 34.9 Å². The number of carbonyl (C=O) groups excluding carboxylic acids is 1. The maximum absolute atomic E-state index is 12.6. The molecule has 1 aromatic carbocycles. The van der Waals surface area contributed by atoms with Crippen molar-refractivity contribution in [2.24, 2.45) is 0 Å². The summed E-state index contributed by atoms with van der Waals surface area (Å²) in [6.45, 7) is 4.96. The Bertz CT molecular complexity index is 776. The van der Waals surface area contributed by atoms with Crippen molar-refractivity contribution in [1.82, 2.24) is 15.1 Å². The van der Waals surface area contributed by atoms with E-state index in [1.54, 1.807) is 24.3 Å². The Balaban J connectivity index is 1.96. The molecule has 3 rings (SSSR count). The van der Waals surface area contributed by atoms with Crippen molar-refractivity contribution in [3.05, 3.63) is 40.3 Å². The number of amides is 1. The molecule has 1 N–H and O–H groups in total. The minimum atomic E-state index is -0.272. The molecule has 1 aliphatic rings. The molecule has 122 valence electrons. The molecule has 0 spiro atoms. The van der Waals surface area contributed by atoms with Crippen LogP contribution in [0, 0.1) is 0 Å². The summed E-state index contributed by atoms with van der Waals surface area (Å²) in [5, 5.41) is 8.27. The topological polar surface area (TPSA) is 73.2 Å². The number of benzene rings is 1. The van der Waals surface area contributed by atoms with E-state index >= 15 is 0 Å². The van der Waals surface area contributed by atoms with Gasteiger partial charge in [0.2, 0.25) is 0 Å². The molecule has 1 atom stereocenters. The number of nitrogens with one attached hydrogen (secondary N) is 1. The molecule has 2 aromatic rings. The number of hydrogen-bond acceptors (Lipinski definition) is 4. The van der Waals surface area contributed by atoms with Crippen LogP contribution in [-0.2, 0) is 4.74 Å². The zero-order valence-corrected chi connectivity index (χ0v) is 13.4. The highest BCUT2D eigenvalue weighted by Gasteiger charge is 2.20. The predicted octanol–water partition coefficient (Wildman–Crippen LogP) is 1.89. The normalized spacial score (nSPS) is 17.8. The van der Waals surface area contributed by atoms with Crippen molar-refractivity contribution in [2.75, 3.05) is 13.2 Å². The number of carbonyl (C=O) groups is 1. The lowest BCUT2D eigenvalue weighted by atomic mass is 10.1. The number of fused-ring (bicyclic) bond motifs is 1. The molecule has 23 heavy (non-hydrogen) atoms. The van der Waals surface area contributed by atoms with Gasteiger partial charge in [0, 0.05) is 18.5 Å². The molecule has 0 bridgehead atoms. The second-order valence-electron chi connectivity index (χ2n) is 6.08. The van der Waals surface area contributed by atoms with Crippen LogP contribution < -0.4 is 10.9 Å².